The average molecular weight is 682 g/mol. The van der Waals surface area contributed by atoms with Gasteiger partial charge in [-0.25, -0.2) is 0 Å². The van der Waals surface area contributed by atoms with Gasteiger partial charge in [-0.3, -0.25) is 0 Å². The molecule has 0 saturated carbocycles. The molecule has 0 atom stereocenters. The van der Waals surface area contributed by atoms with Gasteiger partial charge in [0.2, 0.25) is 0 Å². The number of terminal acetylenes is 2. The number of nitrogens with zero attached hydrogens (tertiary/aromatic N) is 2. The molecule has 0 heterocycles. The number of benzene rings is 4. The fraction of sp³-hybridized carbons (Fsp3) is 0.143. The van der Waals surface area contributed by atoms with E-state index in [-0.39, 0.29) is 37.8 Å². The molecule has 12 nitrogen and oxygen atoms in total. The van der Waals surface area contributed by atoms with Crippen LogP contribution >= 0.6 is 7.59 Å². The van der Waals surface area contributed by atoms with Crippen molar-refractivity contribution in [2.24, 2.45) is 0 Å². The number of nitro benzene ring substituents is 2. The summed E-state index contributed by atoms with van der Waals surface area (Å²) in [5.74, 6) is 9.17. The predicted octanol–water partition coefficient (Wildman–Crippen LogP) is 7.27. The van der Waals surface area contributed by atoms with Gasteiger partial charge in [-0.1, -0.05) is 11.8 Å². The molecule has 0 amide bonds. The molecule has 14 heteroatoms. The van der Waals surface area contributed by atoms with Gasteiger partial charge < -0.3 is 0 Å². The van der Waals surface area contributed by atoms with Crippen molar-refractivity contribution in [1.29, 1.82) is 0 Å². The molecule has 4 aromatic carbocycles. The van der Waals surface area contributed by atoms with Crippen LogP contribution in [0.25, 0.3) is 0 Å². The van der Waals surface area contributed by atoms with Gasteiger partial charge in [-0.05, 0) is 0 Å². The fourth-order valence-corrected chi connectivity index (χ4v) is 6.32. The SMILES string of the molecule is C#CCOc1ccc([N+](=O)[O-])c(COc2ccc(O[PH](BC)(C=C)Oc3ccc(OCc4cc(OCC#C)ccc4[N+](=O)[O-])cc3)cc2)c1. The topological polar surface area (TPSA) is 142 Å². The average Bonchev–Trinajstić information content (AvgIpc) is 3.12. The van der Waals surface area contributed by atoms with Gasteiger partial charge in [0, 0.05) is 0 Å². The molecule has 0 N–H and O–H groups in total. The van der Waals surface area contributed by atoms with E-state index in [1.165, 1.54) is 36.4 Å². The van der Waals surface area contributed by atoms with Crippen LogP contribution < -0.4 is 28.0 Å². The monoisotopic (exact) mass is 682 g/mol. The summed E-state index contributed by atoms with van der Waals surface area (Å²) in [6.45, 7) is 6.36. The number of ether oxygens (including phenoxy) is 4. The van der Waals surface area contributed by atoms with E-state index >= 15 is 0 Å². The Morgan fingerprint density at radius 2 is 1.04 bits per heavy atom. The van der Waals surface area contributed by atoms with Crippen molar-refractivity contribution in [2.45, 2.75) is 20.0 Å². The van der Waals surface area contributed by atoms with Crippen LogP contribution in [0, 0.1) is 44.9 Å². The molecule has 0 fully saturated rings. The number of hydrogen-bond acceptors (Lipinski definition) is 10. The zero-order valence-corrected chi connectivity index (χ0v) is 27.5. The van der Waals surface area contributed by atoms with Crippen LogP contribution in [-0.2, 0) is 13.2 Å². The van der Waals surface area contributed by atoms with E-state index in [1.807, 2.05) is 6.82 Å². The molecule has 0 spiro atoms. The van der Waals surface area contributed by atoms with Crippen molar-refractivity contribution >= 4 is 26.0 Å². The Morgan fingerprint density at radius 1 is 0.673 bits per heavy atom. The van der Waals surface area contributed by atoms with Gasteiger partial charge in [0.05, 0.1) is 0 Å². The van der Waals surface area contributed by atoms with Crippen LogP contribution in [0.5, 0.6) is 34.5 Å². The van der Waals surface area contributed by atoms with Crippen LogP contribution in [-0.4, -0.2) is 30.1 Å². The Balaban J connectivity index is 1.38. The molecular weight excluding hydrogens is 650 g/mol. The Kier molecular flexibility index (Phi) is 12.5. The number of rotatable bonds is 18. The molecule has 0 aliphatic carbocycles. The molecule has 0 radical (unpaired) electrons. The minimum atomic E-state index is -3.00. The first kappa shape index (κ1) is 35.7. The van der Waals surface area contributed by atoms with Crippen molar-refractivity contribution in [3.8, 4) is 59.2 Å². The third-order valence-corrected chi connectivity index (χ3v) is 9.73. The van der Waals surface area contributed by atoms with Gasteiger partial charge in [0.1, 0.15) is 0 Å². The van der Waals surface area contributed by atoms with E-state index in [0.29, 0.717) is 52.6 Å². The first-order valence-corrected chi connectivity index (χ1v) is 16.9. The maximum atomic E-state index is 11.5. The van der Waals surface area contributed by atoms with Gasteiger partial charge in [-0.15, -0.1) is 12.8 Å². The van der Waals surface area contributed by atoms with Crippen LogP contribution in [0.3, 0.4) is 0 Å². The zero-order valence-electron chi connectivity index (χ0n) is 26.5. The van der Waals surface area contributed by atoms with Crippen molar-refractivity contribution in [2.75, 3.05) is 13.2 Å². The predicted molar refractivity (Wildman–Crippen MR) is 189 cm³/mol. The fourth-order valence-electron chi connectivity index (χ4n) is 4.46. The first-order valence-electron chi connectivity index (χ1n) is 14.8. The summed E-state index contributed by atoms with van der Waals surface area (Å²) in [6.07, 6.45) is 10.5. The Bertz CT molecular complexity index is 1740. The van der Waals surface area contributed by atoms with Crippen molar-refractivity contribution < 1.29 is 37.8 Å². The molecule has 250 valence electrons. The van der Waals surface area contributed by atoms with Crippen LogP contribution in [0.15, 0.2) is 97.3 Å². The zero-order chi connectivity index (χ0) is 35.2. The maximum absolute atomic E-state index is 11.5. The molecule has 0 unspecified atom stereocenters. The normalized spacial score (nSPS) is 10.8. The summed E-state index contributed by atoms with van der Waals surface area (Å²) in [7, 11) is -3.00. The summed E-state index contributed by atoms with van der Waals surface area (Å²) in [4.78, 5) is 22.0. The molecular formula is C35H32BN2O10P. The quantitative estimate of drug-likeness (QED) is 0.0346. The van der Waals surface area contributed by atoms with E-state index in [4.69, 9.17) is 40.8 Å². The summed E-state index contributed by atoms with van der Waals surface area (Å²) in [5.41, 5.74) is 0.454. The molecule has 0 saturated heterocycles. The molecule has 0 aliphatic rings. The van der Waals surface area contributed by atoms with Crippen molar-refractivity contribution in [3.63, 3.8) is 0 Å². The third kappa shape index (κ3) is 9.91. The van der Waals surface area contributed by atoms with Crippen LogP contribution in [0.1, 0.15) is 11.1 Å². The molecule has 49 heavy (non-hydrogen) atoms. The molecule has 0 bridgehead atoms. The number of nitro groups is 2. The van der Waals surface area contributed by atoms with E-state index < -0.39 is 17.4 Å². The second-order valence-corrected chi connectivity index (χ2v) is 13.3. The minimum absolute atomic E-state index is 0.0334. The molecule has 4 aromatic rings. The molecule has 4 rings (SSSR count). The first-order chi connectivity index (χ1) is 23.7. The van der Waals surface area contributed by atoms with Crippen molar-refractivity contribution in [1.82, 2.24) is 0 Å². The van der Waals surface area contributed by atoms with Gasteiger partial charge in [0.15, 0.2) is 0 Å². The van der Waals surface area contributed by atoms with Crippen LogP contribution in [0.4, 0.5) is 11.4 Å². The molecule has 0 aliphatic heterocycles. The number of hydrogen-bond donors (Lipinski definition) is 0. The molecule has 0 aromatic heterocycles. The third-order valence-electron chi connectivity index (χ3n) is 6.96. The standard InChI is InChI=1S/C35H32BN2O10P/c1-5-20-43-32-16-18-34(37(39)40)26(22-32)24-45-28-8-12-30(13-9-28)47-49(7-3,36-4)48-31-14-10-29(11-15-31)46-25-27-23-33(44-21-6-2)17-19-35(27)38(41)42/h1-2,7-19,22-23,36,49H,3,20-21,24-25H2,4H3. The van der Waals surface area contributed by atoms with E-state index in [9.17, 15) is 20.2 Å². The second-order valence-electron chi connectivity index (χ2n) is 10.2. The summed E-state index contributed by atoms with van der Waals surface area (Å²) in [6, 6.07) is 22.3. The van der Waals surface area contributed by atoms with E-state index in [0.717, 1.165) is 0 Å². The van der Waals surface area contributed by atoms with E-state index in [2.05, 4.69) is 18.4 Å². The summed E-state index contributed by atoms with van der Waals surface area (Å²) >= 11 is 0. The van der Waals surface area contributed by atoms with Gasteiger partial charge in [0.25, 0.3) is 0 Å². The van der Waals surface area contributed by atoms with Crippen LogP contribution in [0.2, 0.25) is 6.82 Å². The summed E-state index contributed by atoms with van der Waals surface area (Å²) in [5, 5.41) is 23.0. The summed E-state index contributed by atoms with van der Waals surface area (Å²) < 4.78 is 35.1. The van der Waals surface area contributed by atoms with E-state index in [1.54, 1.807) is 54.3 Å². The van der Waals surface area contributed by atoms with Crippen molar-refractivity contribution in [3.05, 3.63) is 129 Å². The Hall–Kier alpha value is -6.17. The Labute approximate surface area is 284 Å². The van der Waals surface area contributed by atoms with Gasteiger partial charge in [-0.2, -0.15) is 0 Å². The van der Waals surface area contributed by atoms with Gasteiger partial charge >= 0.3 is 260 Å². The Morgan fingerprint density at radius 3 is 1.37 bits per heavy atom. The second kappa shape index (κ2) is 17.1.